The number of methoxy groups -OCH3 is 1. The molecule has 2 aromatic carbocycles. The van der Waals surface area contributed by atoms with Crippen LogP contribution in [-0.2, 0) is 11.3 Å². The second-order valence-corrected chi connectivity index (χ2v) is 6.62. The molecule has 3 aromatic rings. The van der Waals surface area contributed by atoms with Crippen LogP contribution in [0.3, 0.4) is 0 Å². The number of nitrogens with zero attached hydrogens (tertiary/aromatic N) is 2. The van der Waals surface area contributed by atoms with E-state index in [4.69, 9.17) is 9.84 Å². The van der Waals surface area contributed by atoms with Crippen LogP contribution in [0.5, 0.6) is 11.5 Å². The minimum absolute atomic E-state index is 0.0420. The molecule has 11 heteroatoms. The van der Waals surface area contributed by atoms with Crippen molar-refractivity contribution in [2.45, 2.75) is 6.54 Å². The number of benzene rings is 2. The van der Waals surface area contributed by atoms with E-state index < -0.39 is 53.5 Å². The molecule has 0 bridgehead atoms. The predicted molar refractivity (Wildman–Crippen MR) is 108 cm³/mol. The van der Waals surface area contributed by atoms with Gasteiger partial charge >= 0.3 is 5.97 Å². The molecule has 3 N–H and O–H groups in total. The third-order valence-corrected chi connectivity index (χ3v) is 4.38. The average molecular weight is 445 g/mol. The Balaban J connectivity index is 2.16. The smallest absolute Gasteiger partial charge is 0.322 e. The molecule has 0 aliphatic rings. The summed E-state index contributed by atoms with van der Waals surface area (Å²) in [6, 6.07) is 8.76. The van der Waals surface area contributed by atoms with E-state index in [9.17, 15) is 28.3 Å². The zero-order chi connectivity index (χ0) is 23.4. The molecule has 9 nitrogen and oxygen atoms in total. The topological polar surface area (TPSA) is 131 Å². The fourth-order valence-corrected chi connectivity index (χ4v) is 2.94. The van der Waals surface area contributed by atoms with Crippen LogP contribution in [0.4, 0.5) is 8.78 Å². The van der Waals surface area contributed by atoms with Gasteiger partial charge in [-0.25, -0.2) is 13.5 Å². The van der Waals surface area contributed by atoms with Crippen molar-refractivity contribution < 1.29 is 33.3 Å². The van der Waals surface area contributed by atoms with E-state index >= 15 is 0 Å². The molecular formula is C21H17F2N3O6. The van der Waals surface area contributed by atoms with Crippen LogP contribution in [0.15, 0.2) is 47.3 Å². The van der Waals surface area contributed by atoms with Gasteiger partial charge in [-0.2, -0.15) is 5.10 Å². The number of nitrogens with one attached hydrogen (secondary N) is 1. The summed E-state index contributed by atoms with van der Waals surface area (Å²) in [5, 5.41) is 25.5. The molecule has 0 unspecified atom stereocenters. The molecule has 166 valence electrons. The summed E-state index contributed by atoms with van der Waals surface area (Å²) in [5.41, 5.74) is -1.67. The van der Waals surface area contributed by atoms with Gasteiger partial charge < -0.3 is 20.3 Å². The maximum Gasteiger partial charge on any atom is 0.322 e. The van der Waals surface area contributed by atoms with Crippen molar-refractivity contribution in [1.29, 1.82) is 0 Å². The molecule has 0 saturated carbocycles. The number of hydrogen-bond acceptors (Lipinski definition) is 6. The number of carboxylic acids is 1. The Morgan fingerprint density at radius 3 is 2.31 bits per heavy atom. The number of hydrogen-bond donors (Lipinski definition) is 3. The molecule has 1 amide bonds. The highest BCUT2D eigenvalue weighted by molar-refractivity contribution is 5.99. The van der Waals surface area contributed by atoms with Crippen molar-refractivity contribution in [1.82, 2.24) is 15.1 Å². The van der Waals surface area contributed by atoms with Gasteiger partial charge in [0.15, 0.2) is 11.3 Å². The van der Waals surface area contributed by atoms with Gasteiger partial charge in [0.2, 0.25) is 0 Å². The first-order chi connectivity index (χ1) is 15.2. The van der Waals surface area contributed by atoms with Gasteiger partial charge in [0.1, 0.15) is 29.6 Å². The van der Waals surface area contributed by atoms with Crippen LogP contribution < -0.4 is 15.6 Å². The van der Waals surface area contributed by atoms with Crippen LogP contribution in [0.1, 0.15) is 15.9 Å². The molecule has 0 saturated heterocycles. The SMILES string of the molecule is COc1ccc(-c2nn(Cc3cc(F)cc(F)c3)c(=O)c(C(=O)NCC(=O)O)c2O)cc1. The van der Waals surface area contributed by atoms with Gasteiger partial charge in [0.05, 0.1) is 13.7 Å². The van der Waals surface area contributed by atoms with Crippen molar-refractivity contribution in [2.24, 2.45) is 0 Å². The lowest BCUT2D eigenvalue weighted by Gasteiger charge is -2.14. The third kappa shape index (κ3) is 4.89. The molecule has 0 fully saturated rings. The summed E-state index contributed by atoms with van der Waals surface area (Å²) in [5.74, 6) is -4.53. The summed E-state index contributed by atoms with van der Waals surface area (Å²) < 4.78 is 33.0. The molecular weight excluding hydrogens is 428 g/mol. The maximum atomic E-state index is 13.6. The lowest BCUT2D eigenvalue weighted by molar-refractivity contribution is -0.135. The number of carboxylic acid groups (broad SMARTS) is 1. The highest BCUT2D eigenvalue weighted by Gasteiger charge is 2.24. The molecule has 0 spiro atoms. The minimum atomic E-state index is -1.36. The Kier molecular flexibility index (Phi) is 6.47. The molecule has 1 aromatic heterocycles. The second-order valence-electron chi connectivity index (χ2n) is 6.62. The monoisotopic (exact) mass is 445 g/mol. The lowest BCUT2D eigenvalue weighted by Crippen LogP contribution is -2.37. The fraction of sp³-hybridized carbons (Fsp3) is 0.143. The van der Waals surface area contributed by atoms with Crippen molar-refractivity contribution in [2.75, 3.05) is 13.7 Å². The van der Waals surface area contributed by atoms with Gasteiger partial charge in [-0.3, -0.25) is 14.4 Å². The average Bonchev–Trinajstić information content (AvgIpc) is 2.73. The molecule has 3 rings (SSSR count). The number of carbonyl (C=O) groups excluding carboxylic acids is 1. The van der Waals surface area contributed by atoms with Crippen LogP contribution >= 0.6 is 0 Å². The molecule has 32 heavy (non-hydrogen) atoms. The van der Waals surface area contributed by atoms with E-state index in [1.807, 2.05) is 5.32 Å². The van der Waals surface area contributed by atoms with Crippen LogP contribution in [-0.4, -0.2) is 45.5 Å². The lowest BCUT2D eigenvalue weighted by atomic mass is 10.1. The van der Waals surface area contributed by atoms with Gasteiger partial charge in [-0.1, -0.05) is 0 Å². The van der Waals surface area contributed by atoms with E-state index in [1.165, 1.54) is 19.2 Å². The van der Waals surface area contributed by atoms with Crippen LogP contribution in [0, 0.1) is 11.6 Å². The number of ether oxygens (including phenoxy) is 1. The standard InChI is InChI=1S/C21H17F2N3O6/c1-32-15-4-2-12(3-5-15)18-19(29)17(20(30)24-9-16(27)28)21(31)26(25-18)10-11-6-13(22)8-14(23)7-11/h2-8,29H,9-10H2,1H3,(H,24,30)(H,27,28). The Labute approximate surface area is 179 Å². The van der Waals surface area contributed by atoms with Crippen molar-refractivity contribution >= 4 is 11.9 Å². The predicted octanol–water partition coefficient (Wildman–Crippen LogP) is 1.77. The van der Waals surface area contributed by atoms with E-state index in [0.717, 1.165) is 16.8 Å². The Hall–Kier alpha value is -4.28. The molecule has 1 heterocycles. The Morgan fingerprint density at radius 1 is 1.12 bits per heavy atom. The first kappa shape index (κ1) is 22.4. The van der Waals surface area contributed by atoms with Crippen molar-refractivity contribution in [3.63, 3.8) is 0 Å². The van der Waals surface area contributed by atoms with Crippen LogP contribution in [0.2, 0.25) is 0 Å². The Bertz CT molecular complexity index is 1220. The number of amides is 1. The summed E-state index contributed by atoms with van der Waals surface area (Å²) in [6.07, 6.45) is 0. The quantitative estimate of drug-likeness (QED) is 0.505. The van der Waals surface area contributed by atoms with Crippen molar-refractivity contribution in [3.8, 4) is 22.8 Å². The minimum Gasteiger partial charge on any atom is -0.505 e. The highest BCUT2D eigenvalue weighted by Crippen LogP contribution is 2.29. The zero-order valence-electron chi connectivity index (χ0n) is 16.6. The molecule has 0 aliphatic heterocycles. The van der Waals surface area contributed by atoms with Crippen LogP contribution in [0.25, 0.3) is 11.3 Å². The third-order valence-electron chi connectivity index (χ3n) is 4.38. The number of aromatic nitrogens is 2. The first-order valence-corrected chi connectivity index (χ1v) is 9.13. The number of carbonyl (C=O) groups is 2. The number of halogens is 2. The summed E-state index contributed by atoms with van der Waals surface area (Å²) in [7, 11) is 1.45. The van der Waals surface area contributed by atoms with E-state index in [2.05, 4.69) is 5.10 Å². The van der Waals surface area contributed by atoms with Gasteiger partial charge in [0.25, 0.3) is 11.5 Å². The summed E-state index contributed by atoms with van der Waals surface area (Å²) in [4.78, 5) is 36.1. The van der Waals surface area contributed by atoms with Gasteiger partial charge in [-0.15, -0.1) is 0 Å². The van der Waals surface area contributed by atoms with Gasteiger partial charge in [-0.05, 0) is 42.0 Å². The maximum absolute atomic E-state index is 13.6. The molecule has 0 aliphatic carbocycles. The fourth-order valence-electron chi connectivity index (χ4n) is 2.94. The van der Waals surface area contributed by atoms with E-state index in [1.54, 1.807) is 12.1 Å². The van der Waals surface area contributed by atoms with Crippen molar-refractivity contribution in [3.05, 3.63) is 75.6 Å². The number of aliphatic carboxylic acids is 1. The highest BCUT2D eigenvalue weighted by atomic mass is 19.1. The largest absolute Gasteiger partial charge is 0.505 e. The van der Waals surface area contributed by atoms with E-state index in [0.29, 0.717) is 17.4 Å². The Morgan fingerprint density at radius 2 is 1.75 bits per heavy atom. The molecule has 0 atom stereocenters. The second kappa shape index (κ2) is 9.25. The number of rotatable bonds is 7. The summed E-state index contributed by atoms with van der Waals surface area (Å²) >= 11 is 0. The first-order valence-electron chi connectivity index (χ1n) is 9.13. The van der Waals surface area contributed by atoms with Gasteiger partial charge in [0, 0.05) is 11.6 Å². The molecule has 0 radical (unpaired) electrons. The normalized spacial score (nSPS) is 10.6. The number of aromatic hydroxyl groups is 1. The summed E-state index contributed by atoms with van der Waals surface area (Å²) in [6.45, 7) is -1.22. The van der Waals surface area contributed by atoms with E-state index in [-0.39, 0.29) is 11.3 Å². The zero-order valence-corrected chi connectivity index (χ0v) is 16.6.